The number of methoxy groups -OCH3 is 1. The Bertz CT molecular complexity index is 842. The molecule has 1 atom stereocenters. The summed E-state index contributed by atoms with van der Waals surface area (Å²) < 4.78 is 32.0. The molecule has 0 aliphatic heterocycles. The second-order valence-corrected chi connectivity index (χ2v) is 5.54. The van der Waals surface area contributed by atoms with Crippen molar-refractivity contribution in [2.75, 3.05) is 7.11 Å². The predicted molar refractivity (Wildman–Crippen MR) is 88.9 cm³/mol. The third-order valence-electron chi connectivity index (χ3n) is 3.72. The molecule has 0 spiro atoms. The van der Waals surface area contributed by atoms with Gasteiger partial charge in [-0.25, -0.2) is 13.6 Å². The summed E-state index contributed by atoms with van der Waals surface area (Å²) in [6, 6.07) is 10.8. The van der Waals surface area contributed by atoms with Crippen LogP contribution in [0.1, 0.15) is 16.7 Å². The number of hydrogen-bond donors (Lipinski definition) is 1. The summed E-state index contributed by atoms with van der Waals surface area (Å²) in [7, 11) is 1.17. The van der Waals surface area contributed by atoms with Gasteiger partial charge in [-0.2, -0.15) is 5.26 Å². The third kappa shape index (κ3) is 4.86. The van der Waals surface area contributed by atoms with E-state index in [-0.39, 0.29) is 12.0 Å². The monoisotopic (exact) mass is 358 g/mol. The van der Waals surface area contributed by atoms with Crippen molar-refractivity contribution >= 4 is 11.9 Å². The van der Waals surface area contributed by atoms with Gasteiger partial charge in [0.1, 0.15) is 17.7 Å². The number of hydrogen-bond acceptors (Lipinski definition) is 4. The number of carbonyl (C=O) groups excluding carboxylic acids is 2. The molecular weight excluding hydrogens is 342 g/mol. The standard InChI is InChI=1S/C19H16F2N2O3/c1-26-19(25)17(9-12-4-2-5-13(8-12)11-22)23-18(24)10-14-15(20)6-3-7-16(14)21/h2-8,17H,9-10H2,1H3,(H,23,24)/t17-/m0/s1. The molecule has 0 heterocycles. The molecule has 2 rings (SSSR count). The Labute approximate surface area is 149 Å². The summed E-state index contributed by atoms with van der Waals surface area (Å²) in [5.74, 6) is -3.09. The quantitative estimate of drug-likeness (QED) is 0.804. The molecule has 0 aliphatic carbocycles. The SMILES string of the molecule is COC(=O)[C@H](Cc1cccc(C#N)c1)NC(=O)Cc1c(F)cccc1F. The maximum Gasteiger partial charge on any atom is 0.328 e. The number of halogens is 2. The Morgan fingerprint density at radius 3 is 2.46 bits per heavy atom. The van der Waals surface area contributed by atoms with Crippen molar-refractivity contribution in [2.45, 2.75) is 18.9 Å². The minimum atomic E-state index is -1.05. The molecule has 0 saturated carbocycles. The molecule has 26 heavy (non-hydrogen) atoms. The molecule has 2 aromatic rings. The topological polar surface area (TPSA) is 79.2 Å². The maximum atomic E-state index is 13.7. The molecule has 0 fully saturated rings. The summed E-state index contributed by atoms with van der Waals surface area (Å²) in [4.78, 5) is 24.1. The van der Waals surface area contributed by atoms with E-state index in [0.29, 0.717) is 11.1 Å². The van der Waals surface area contributed by atoms with Crippen LogP contribution in [0.3, 0.4) is 0 Å². The number of ether oxygens (including phenoxy) is 1. The molecule has 134 valence electrons. The predicted octanol–water partition coefficient (Wildman–Crippen LogP) is 2.28. The minimum absolute atomic E-state index is 0.0771. The van der Waals surface area contributed by atoms with Gasteiger partial charge < -0.3 is 10.1 Å². The largest absolute Gasteiger partial charge is 0.467 e. The highest BCUT2D eigenvalue weighted by molar-refractivity contribution is 5.85. The molecule has 1 amide bonds. The van der Waals surface area contributed by atoms with Crippen LogP contribution >= 0.6 is 0 Å². The van der Waals surface area contributed by atoms with E-state index in [1.54, 1.807) is 24.3 Å². The van der Waals surface area contributed by atoms with Crippen molar-refractivity contribution in [3.63, 3.8) is 0 Å². The Kier molecular flexibility index (Phi) is 6.39. The van der Waals surface area contributed by atoms with Crippen LogP contribution in [-0.2, 0) is 27.2 Å². The zero-order valence-corrected chi connectivity index (χ0v) is 14.0. The van der Waals surface area contributed by atoms with Gasteiger partial charge in [-0.15, -0.1) is 0 Å². The molecule has 0 bridgehead atoms. The van der Waals surface area contributed by atoms with Crippen molar-refractivity contribution in [2.24, 2.45) is 0 Å². The lowest BCUT2D eigenvalue weighted by Crippen LogP contribution is -2.43. The summed E-state index contributed by atoms with van der Waals surface area (Å²) in [6.45, 7) is 0. The maximum absolute atomic E-state index is 13.7. The fraction of sp³-hybridized carbons (Fsp3) is 0.211. The zero-order chi connectivity index (χ0) is 19.1. The summed E-state index contributed by atoms with van der Waals surface area (Å²) in [5, 5.41) is 11.4. The van der Waals surface area contributed by atoms with E-state index in [1.165, 1.54) is 13.2 Å². The Balaban J connectivity index is 2.13. The van der Waals surface area contributed by atoms with Crippen LogP contribution in [0.15, 0.2) is 42.5 Å². The first kappa shape index (κ1) is 19.1. The van der Waals surface area contributed by atoms with Crippen LogP contribution < -0.4 is 5.32 Å². The normalized spacial score (nSPS) is 11.3. The lowest BCUT2D eigenvalue weighted by Gasteiger charge is -2.17. The van der Waals surface area contributed by atoms with E-state index in [4.69, 9.17) is 5.26 Å². The Morgan fingerprint density at radius 1 is 1.19 bits per heavy atom. The van der Waals surface area contributed by atoms with Crippen molar-refractivity contribution < 1.29 is 23.1 Å². The van der Waals surface area contributed by atoms with Gasteiger partial charge in [0.25, 0.3) is 0 Å². The van der Waals surface area contributed by atoms with Crippen molar-refractivity contribution in [1.29, 1.82) is 5.26 Å². The number of nitrogens with one attached hydrogen (secondary N) is 1. The smallest absolute Gasteiger partial charge is 0.328 e. The van der Waals surface area contributed by atoms with Gasteiger partial charge in [0.05, 0.1) is 25.2 Å². The van der Waals surface area contributed by atoms with Gasteiger partial charge in [-0.3, -0.25) is 4.79 Å². The highest BCUT2D eigenvalue weighted by Gasteiger charge is 2.23. The molecule has 0 unspecified atom stereocenters. The van der Waals surface area contributed by atoms with Gasteiger partial charge in [0, 0.05) is 12.0 Å². The molecule has 0 saturated heterocycles. The highest BCUT2D eigenvalue weighted by atomic mass is 19.1. The summed E-state index contributed by atoms with van der Waals surface area (Å²) in [6.07, 6.45) is -0.474. The highest BCUT2D eigenvalue weighted by Crippen LogP contribution is 2.13. The van der Waals surface area contributed by atoms with E-state index < -0.39 is 36.0 Å². The second-order valence-electron chi connectivity index (χ2n) is 5.54. The van der Waals surface area contributed by atoms with Crippen molar-refractivity contribution in [1.82, 2.24) is 5.32 Å². The second kappa shape index (κ2) is 8.72. The molecule has 0 aliphatic rings. The molecule has 7 heteroatoms. The number of nitrogens with zero attached hydrogens (tertiary/aromatic N) is 1. The first-order chi connectivity index (χ1) is 12.4. The van der Waals surface area contributed by atoms with Crippen LogP contribution in [0.5, 0.6) is 0 Å². The van der Waals surface area contributed by atoms with Gasteiger partial charge >= 0.3 is 5.97 Å². The Morgan fingerprint density at radius 2 is 1.85 bits per heavy atom. The van der Waals surface area contributed by atoms with Gasteiger partial charge in [-0.05, 0) is 29.8 Å². The van der Waals surface area contributed by atoms with E-state index in [0.717, 1.165) is 12.1 Å². The van der Waals surface area contributed by atoms with Crippen molar-refractivity contribution in [3.8, 4) is 6.07 Å². The summed E-state index contributed by atoms with van der Waals surface area (Å²) >= 11 is 0. The van der Waals surface area contributed by atoms with Crippen molar-refractivity contribution in [3.05, 3.63) is 70.8 Å². The van der Waals surface area contributed by atoms with Crippen LogP contribution in [-0.4, -0.2) is 25.0 Å². The molecule has 1 N–H and O–H groups in total. The molecule has 2 aromatic carbocycles. The molecular formula is C19H16F2N2O3. The molecule has 0 aromatic heterocycles. The first-order valence-corrected chi connectivity index (χ1v) is 7.73. The number of nitriles is 1. The fourth-order valence-corrected chi connectivity index (χ4v) is 2.45. The van der Waals surface area contributed by atoms with E-state index in [2.05, 4.69) is 10.1 Å². The average Bonchev–Trinajstić information content (AvgIpc) is 2.63. The van der Waals surface area contributed by atoms with Gasteiger partial charge in [0.2, 0.25) is 5.91 Å². The molecule has 5 nitrogen and oxygen atoms in total. The van der Waals surface area contributed by atoms with E-state index in [9.17, 15) is 18.4 Å². The first-order valence-electron chi connectivity index (χ1n) is 7.73. The lowest BCUT2D eigenvalue weighted by molar-refractivity contribution is -0.145. The number of rotatable bonds is 6. The van der Waals surface area contributed by atoms with Gasteiger partial charge in [-0.1, -0.05) is 18.2 Å². The Hall–Kier alpha value is -3.27. The fourth-order valence-electron chi connectivity index (χ4n) is 2.45. The zero-order valence-electron chi connectivity index (χ0n) is 14.0. The van der Waals surface area contributed by atoms with Gasteiger partial charge in [0.15, 0.2) is 0 Å². The number of esters is 1. The van der Waals surface area contributed by atoms with Crippen LogP contribution in [0, 0.1) is 23.0 Å². The van der Waals surface area contributed by atoms with E-state index in [1.807, 2.05) is 6.07 Å². The van der Waals surface area contributed by atoms with E-state index >= 15 is 0 Å². The lowest BCUT2D eigenvalue weighted by atomic mass is 10.0. The van der Waals surface area contributed by atoms with Crippen LogP contribution in [0.25, 0.3) is 0 Å². The number of benzene rings is 2. The van der Waals surface area contributed by atoms with Crippen LogP contribution in [0.2, 0.25) is 0 Å². The minimum Gasteiger partial charge on any atom is -0.467 e. The molecule has 0 radical (unpaired) electrons. The average molecular weight is 358 g/mol. The number of amides is 1. The number of carbonyl (C=O) groups is 2. The summed E-state index contributed by atoms with van der Waals surface area (Å²) in [5.41, 5.74) is 0.669. The third-order valence-corrected chi connectivity index (χ3v) is 3.72. The van der Waals surface area contributed by atoms with Crippen LogP contribution in [0.4, 0.5) is 8.78 Å².